The van der Waals surface area contributed by atoms with E-state index in [2.05, 4.69) is 29.4 Å². The molecule has 4 amide bonds. The molecule has 4 rings (SSSR count). The number of nitrogens with zero attached hydrogens (tertiary/aromatic N) is 2. The predicted molar refractivity (Wildman–Crippen MR) is 100 cm³/mol. The van der Waals surface area contributed by atoms with Gasteiger partial charge in [0.1, 0.15) is 6.04 Å². The summed E-state index contributed by atoms with van der Waals surface area (Å²) in [4.78, 5) is 52.6. The summed E-state index contributed by atoms with van der Waals surface area (Å²) in [7, 11) is 0. The summed E-state index contributed by atoms with van der Waals surface area (Å²) in [6.45, 7) is 6.84. The minimum absolute atomic E-state index is 0.119. The van der Waals surface area contributed by atoms with Gasteiger partial charge < -0.3 is 5.32 Å². The standard InChI is InChI=1S/C20H24N4O4/c1-11-8-21-9-12(2)23(11)10-13-3-4-14-15(7-13)20(28)24(19(14)27)16-5-6-17(25)22-18(16)26/h3-4,7,11-12,16,21H,5-6,8-10H2,1-2H3,(H,22,25,26)/t11-,12+,16?. The van der Waals surface area contributed by atoms with E-state index in [0.717, 1.165) is 23.6 Å². The predicted octanol–water partition coefficient (Wildman–Crippen LogP) is 0.270. The smallest absolute Gasteiger partial charge is 0.262 e. The van der Waals surface area contributed by atoms with Gasteiger partial charge in [0, 0.05) is 38.1 Å². The summed E-state index contributed by atoms with van der Waals surface area (Å²) < 4.78 is 0. The molecule has 28 heavy (non-hydrogen) atoms. The van der Waals surface area contributed by atoms with Crippen LogP contribution in [0.25, 0.3) is 0 Å². The van der Waals surface area contributed by atoms with E-state index in [1.165, 1.54) is 0 Å². The summed E-state index contributed by atoms with van der Waals surface area (Å²) in [6.07, 6.45) is 0.284. The molecule has 1 unspecified atom stereocenters. The van der Waals surface area contributed by atoms with Crippen LogP contribution in [0.4, 0.5) is 0 Å². The molecule has 2 fully saturated rings. The summed E-state index contributed by atoms with van der Waals surface area (Å²) in [5.74, 6) is -1.89. The molecule has 0 spiro atoms. The number of nitrogens with one attached hydrogen (secondary N) is 2. The Labute approximate surface area is 163 Å². The molecular formula is C20H24N4O4. The van der Waals surface area contributed by atoms with Crippen LogP contribution in [-0.2, 0) is 16.1 Å². The molecule has 2 saturated heterocycles. The topological polar surface area (TPSA) is 98.8 Å². The Kier molecular flexibility index (Phi) is 4.76. The fourth-order valence-corrected chi connectivity index (χ4v) is 4.31. The van der Waals surface area contributed by atoms with Crippen LogP contribution in [0.15, 0.2) is 18.2 Å². The second-order valence-electron chi connectivity index (χ2n) is 7.86. The van der Waals surface area contributed by atoms with Gasteiger partial charge in [-0.2, -0.15) is 0 Å². The van der Waals surface area contributed by atoms with Gasteiger partial charge in [0.25, 0.3) is 11.8 Å². The molecule has 0 aromatic heterocycles. The minimum Gasteiger partial charge on any atom is -0.314 e. The first-order chi connectivity index (χ1) is 13.4. The quantitative estimate of drug-likeness (QED) is 0.726. The molecule has 3 atom stereocenters. The van der Waals surface area contributed by atoms with Crippen molar-refractivity contribution in [2.75, 3.05) is 13.1 Å². The third-order valence-electron chi connectivity index (χ3n) is 5.88. The molecule has 3 aliphatic rings. The van der Waals surface area contributed by atoms with Crippen LogP contribution in [0.3, 0.4) is 0 Å². The molecule has 0 radical (unpaired) electrons. The third kappa shape index (κ3) is 3.12. The number of carbonyl (C=O) groups excluding carboxylic acids is 4. The second-order valence-corrected chi connectivity index (χ2v) is 7.86. The van der Waals surface area contributed by atoms with Crippen LogP contribution in [0, 0.1) is 0 Å². The lowest BCUT2D eigenvalue weighted by Gasteiger charge is -2.39. The Hall–Kier alpha value is -2.58. The SMILES string of the molecule is C[C@@H]1CNC[C@H](C)N1Cc1ccc2c(c1)C(=O)N(C1CCC(=O)NC1=O)C2=O. The van der Waals surface area contributed by atoms with E-state index in [9.17, 15) is 19.2 Å². The zero-order valence-electron chi connectivity index (χ0n) is 16.0. The van der Waals surface area contributed by atoms with Crippen LogP contribution < -0.4 is 10.6 Å². The number of hydrogen-bond acceptors (Lipinski definition) is 6. The van der Waals surface area contributed by atoms with E-state index in [4.69, 9.17) is 0 Å². The molecule has 8 nitrogen and oxygen atoms in total. The van der Waals surface area contributed by atoms with Crippen LogP contribution in [0.5, 0.6) is 0 Å². The second kappa shape index (κ2) is 7.10. The van der Waals surface area contributed by atoms with Gasteiger partial charge in [0.05, 0.1) is 11.1 Å². The van der Waals surface area contributed by atoms with Crippen molar-refractivity contribution in [2.45, 2.75) is 51.4 Å². The number of hydrogen-bond donors (Lipinski definition) is 2. The zero-order valence-corrected chi connectivity index (χ0v) is 16.0. The van der Waals surface area contributed by atoms with Crippen molar-refractivity contribution in [3.63, 3.8) is 0 Å². The third-order valence-corrected chi connectivity index (χ3v) is 5.88. The van der Waals surface area contributed by atoms with Crippen molar-refractivity contribution < 1.29 is 19.2 Å². The number of amides is 4. The Balaban J connectivity index is 1.57. The van der Waals surface area contributed by atoms with Crippen molar-refractivity contribution in [2.24, 2.45) is 0 Å². The average Bonchev–Trinajstić information content (AvgIpc) is 2.89. The van der Waals surface area contributed by atoms with Crippen molar-refractivity contribution >= 4 is 23.6 Å². The van der Waals surface area contributed by atoms with Gasteiger partial charge in [-0.3, -0.25) is 34.3 Å². The molecule has 3 heterocycles. The highest BCUT2D eigenvalue weighted by atomic mass is 16.2. The van der Waals surface area contributed by atoms with Gasteiger partial charge in [0.2, 0.25) is 11.8 Å². The maximum atomic E-state index is 12.9. The first-order valence-corrected chi connectivity index (χ1v) is 9.67. The van der Waals surface area contributed by atoms with E-state index < -0.39 is 23.8 Å². The molecule has 148 valence electrons. The van der Waals surface area contributed by atoms with Gasteiger partial charge in [-0.25, -0.2) is 0 Å². The number of imide groups is 2. The highest BCUT2D eigenvalue weighted by molar-refractivity contribution is 6.23. The highest BCUT2D eigenvalue weighted by Gasteiger charge is 2.44. The largest absolute Gasteiger partial charge is 0.314 e. The van der Waals surface area contributed by atoms with Crippen molar-refractivity contribution in [1.29, 1.82) is 0 Å². The molecule has 0 bridgehead atoms. The average molecular weight is 384 g/mol. The molecule has 1 aromatic carbocycles. The van der Waals surface area contributed by atoms with Gasteiger partial charge in [0.15, 0.2) is 0 Å². The zero-order chi connectivity index (χ0) is 20.0. The van der Waals surface area contributed by atoms with Crippen LogP contribution in [0.1, 0.15) is 53.0 Å². The Morgan fingerprint density at radius 3 is 2.36 bits per heavy atom. The molecule has 1 aromatic rings. The Morgan fingerprint density at radius 1 is 1.00 bits per heavy atom. The summed E-state index contributed by atoms with van der Waals surface area (Å²) >= 11 is 0. The van der Waals surface area contributed by atoms with Crippen molar-refractivity contribution in [3.8, 4) is 0 Å². The molecule has 0 saturated carbocycles. The highest BCUT2D eigenvalue weighted by Crippen LogP contribution is 2.29. The van der Waals surface area contributed by atoms with E-state index >= 15 is 0 Å². The summed E-state index contributed by atoms with van der Waals surface area (Å²) in [6, 6.07) is 5.13. The normalized spacial score (nSPS) is 28.5. The lowest BCUT2D eigenvalue weighted by atomic mass is 10.0. The number of benzene rings is 1. The maximum absolute atomic E-state index is 12.9. The monoisotopic (exact) mass is 384 g/mol. The Bertz CT molecular complexity index is 858. The summed E-state index contributed by atoms with van der Waals surface area (Å²) in [5, 5.41) is 5.61. The number of fused-ring (bicyclic) bond motifs is 1. The van der Waals surface area contributed by atoms with Gasteiger partial charge in [-0.1, -0.05) is 6.07 Å². The van der Waals surface area contributed by atoms with E-state index in [0.29, 0.717) is 29.8 Å². The molecule has 3 aliphatic heterocycles. The van der Waals surface area contributed by atoms with Crippen LogP contribution >= 0.6 is 0 Å². The van der Waals surface area contributed by atoms with E-state index in [-0.39, 0.29) is 18.7 Å². The van der Waals surface area contributed by atoms with Gasteiger partial charge in [-0.05, 0) is 38.0 Å². The van der Waals surface area contributed by atoms with Gasteiger partial charge in [-0.15, -0.1) is 0 Å². The molecule has 8 heteroatoms. The minimum atomic E-state index is -0.929. The van der Waals surface area contributed by atoms with Crippen LogP contribution in [-0.4, -0.2) is 64.6 Å². The number of piperidine rings is 1. The number of carbonyl (C=O) groups is 4. The van der Waals surface area contributed by atoms with Crippen molar-refractivity contribution in [3.05, 3.63) is 34.9 Å². The number of piperazine rings is 1. The molecular weight excluding hydrogens is 360 g/mol. The van der Waals surface area contributed by atoms with Crippen LogP contribution in [0.2, 0.25) is 0 Å². The first-order valence-electron chi connectivity index (χ1n) is 9.67. The Morgan fingerprint density at radius 2 is 1.68 bits per heavy atom. The first kappa shape index (κ1) is 18.8. The maximum Gasteiger partial charge on any atom is 0.262 e. The fourth-order valence-electron chi connectivity index (χ4n) is 4.31. The van der Waals surface area contributed by atoms with E-state index in [1.807, 2.05) is 6.07 Å². The molecule has 2 N–H and O–H groups in total. The van der Waals surface area contributed by atoms with Crippen molar-refractivity contribution in [1.82, 2.24) is 20.4 Å². The summed E-state index contributed by atoms with van der Waals surface area (Å²) in [5.41, 5.74) is 1.62. The number of rotatable bonds is 3. The van der Waals surface area contributed by atoms with E-state index in [1.54, 1.807) is 12.1 Å². The fraction of sp³-hybridized carbons (Fsp3) is 0.500. The van der Waals surface area contributed by atoms with Gasteiger partial charge >= 0.3 is 0 Å². The lowest BCUT2D eigenvalue weighted by Crippen LogP contribution is -2.54. The molecule has 0 aliphatic carbocycles. The lowest BCUT2D eigenvalue weighted by molar-refractivity contribution is -0.136.